The van der Waals surface area contributed by atoms with Gasteiger partial charge in [0.2, 0.25) is 0 Å². The summed E-state index contributed by atoms with van der Waals surface area (Å²) in [6, 6.07) is 6.80. The lowest BCUT2D eigenvalue weighted by Crippen LogP contribution is -2.26. The number of carbonyl (C=O) groups is 2. The molecule has 1 aromatic heterocycles. The van der Waals surface area contributed by atoms with E-state index in [9.17, 15) is 14.7 Å². The van der Waals surface area contributed by atoms with Gasteiger partial charge in [0.05, 0.1) is 11.5 Å². The summed E-state index contributed by atoms with van der Waals surface area (Å²) in [6.45, 7) is 2.95. The summed E-state index contributed by atoms with van der Waals surface area (Å²) in [6.07, 6.45) is 0. The molecule has 1 heterocycles. The van der Waals surface area contributed by atoms with Gasteiger partial charge in [-0.3, -0.25) is 9.78 Å². The predicted molar refractivity (Wildman–Crippen MR) is 60.8 cm³/mol. The minimum atomic E-state index is -1.35. The first kappa shape index (κ1) is 11.3. The number of hydrogen-bond donors (Lipinski definition) is 0. The number of rotatable bonds is 2. The minimum Gasteiger partial charge on any atom is -0.545 e. The highest BCUT2D eigenvalue weighted by Crippen LogP contribution is 2.23. The Balaban J connectivity index is 2.99. The van der Waals surface area contributed by atoms with Crippen LogP contribution in [-0.2, 0) is 0 Å². The van der Waals surface area contributed by atoms with Crippen molar-refractivity contribution in [2.24, 2.45) is 0 Å². The number of carboxylic acids is 1. The van der Waals surface area contributed by atoms with Crippen LogP contribution in [0.15, 0.2) is 24.3 Å². The number of hydrogen-bond acceptors (Lipinski definition) is 4. The number of fused-ring (bicyclic) bond motifs is 1. The Morgan fingerprint density at radius 2 is 1.82 bits per heavy atom. The van der Waals surface area contributed by atoms with Gasteiger partial charge in [0.1, 0.15) is 0 Å². The molecule has 0 aliphatic heterocycles. The number of carbonyl (C=O) groups excluding carboxylic acids is 2. The lowest BCUT2D eigenvalue weighted by atomic mass is 9.98. The third-order valence-corrected chi connectivity index (χ3v) is 2.63. The number of aryl methyl sites for hydroxylation is 1. The number of benzene rings is 1. The first-order chi connectivity index (χ1) is 8.02. The molecule has 0 bridgehead atoms. The van der Waals surface area contributed by atoms with Crippen LogP contribution in [0.4, 0.5) is 0 Å². The summed E-state index contributed by atoms with van der Waals surface area (Å²) in [7, 11) is 0. The number of carboxylic acid groups (broad SMARTS) is 1. The highest BCUT2D eigenvalue weighted by Gasteiger charge is 2.16. The normalized spacial score (nSPS) is 10.5. The van der Waals surface area contributed by atoms with E-state index in [1.807, 2.05) is 0 Å². The lowest BCUT2D eigenvalue weighted by Gasteiger charge is -2.13. The van der Waals surface area contributed by atoms with Gasteiger partial charge in [-0.2, -0.15) is 0 Å². The third-order valence-electron chi connectivity index (χ3n) is 2.63. The second kappa shape index (κ2) is 3.97. The van der Waals surface area contributed by atoms with Gasteiger partial charge in [-0.1, -0.05) is 18.2 Å². The molecule has 0 N–H and O–H groups in total. The van der Waals surface area contributed by atoms with Crippen LogP contribution in [0, 0.1) is 6.92 Å². The number of ketones is 1. The quantitative estimate of drug-likeness (QED) is 0.722. The Bertz CT molecular complexity index is 632. The number of para-hydroxylation sites is 1. The molecule has 4 heteroatoms. The van der Waals surface area contributed by atoms with E-state index in [1.54, 1.807) is 31.2 Å². The van der Waals surface area contributed by atoms with E-state index in [0.717, 1.165) is 0 Å². The molecule has 1 aromatic carbocycles. The average molecular weight is 228 g/mol. The summed E-state index contributed by atoms with van der Waals surface area (Å²) >= 11 is 0. The maximum atomic E-state index is 11.5. The fourth-order valence-electron chi connectivity index (χ4n) is 1.98. The van der Waals surface area contributed by atoms with Crippen molar-refractivity contribution in [2.75, 3.05) is 0 Å². The standard InChI is InChI=1S/C13H11NO3/c1-7-11(8(2)15)12(13(16)17)9-5-3-4-6-10(9)14-7/h3-6H,1-2H3,(H,16,17)/p-1. The molecule has 0 spiro atoms. The Morgan fingerprint density at radius 3 is 2.41 bits per heavy atom. The molecule has 0 unspecified atom stereocenters. The van der Waals surface area contributed by atoms with Crippen molar-refractivity contribution in [1.82, 2.24) is 4.98 Å². The molecule has 17 heavy (non-hydrogen) atoms. The van der Waals surface area contributed by atoms with Crippen molar-refractivity contribution < 1.29 is 14.7 Å². The molecule has 2 rings (SSSR count). The largest absolute Gasteiger partial charge is 0.545 e. The predicted octanol–water partition coefficient (Wildman–Crippen LogP) is 1.11. The Hall–Kier alpha value is -2.23. The van der Waals surface area contributed by atoms with Crippen molar-refractivity contribution in [3.63, 3.8) is 0 Å². The Labute approximate surface area is 97.9 Å². The van der Waals surface area contributed by atoms with Gasteiger partial charge in [-0.15, -0.1) is 0 Å². The van der Waals surface area contributed by atoms with E-state index in [1.165, 1.54) is 6.92 Å². The number of nitrogens with zero attached hydrogens (tertiary/aromatic N) is 1. The van der Waals surface area contributed by atoms with Crippen LogP contribution >= 0.6 is 0 Å². The minimum absolute atomic E-state index is 0.0689. The molecular formula is C13H10NO3-. The highest BCUT2D eigenvalue weighted by molar-refractivity contribution is 6.12. The van der Waals surface area contributed by atoms with E-state index in [4.69, 9.17) is 0 Å². The highest BCUT2D eigenvalue weighted by atomic mass is 16.4. The SMILES string of the molecule is CC(=O)c1c(C)nc2ccccc2c1C(=O)[O-]. The second-order valence-electron chi connectivity index (χ2n) is 3.81. The molecule has 0 fully saturated rings. The number of Topliss-reactive ketones (excluding diaryl/α,β-unsaturated/α-hetero) is 1. The van der Waals surface area contributed by atoms with Gasteiger partial charge in [0, 0.05) is 22.2 Å². The zero-order valence-electron chi connectivity index (χ0n) is 9.48. The molecule has 0 aliphatic carbocycles. The van der Waals surface area contributed by atoms with Crippen molar-refractivity contribution in [1.29, 1.82) is 0 Å². The third kappa shape index (κ3) is 1.78. The van der Waals surface area contributed by atoms with E-state index in [0.29, 0.717) is 16.6 Å². The summed E-state index contributed by atoms with van der Waals surface area (Å²) in [5.74, 6) is -1.67. The monoisotopic (exact) mass is 228 g/mol. The van der Waals surface area contributed by atoms with Crippen LogP contribution in [0.25, 0.3) is 10.9 Å². The van der Waals surface area contributed by atoms with Crippen LogP contribution in [-0.4, -0.2) is 16.7 Å². The fraction of sp³-hybridized carbons (Fsp3) is 0.154. The van der Waals surface area contributed by atoms with Crippen molar-refractivity contribution in [3.8, 4) is 0 Å². The van der Waals surface area contributed by atoms with Crippen molar-refractivity contribution in [3.05, 3.63) is 41.1 Å². The maximum Gasteiger partial charge on any atom is 0.162 e. The molecule has 0 aliphatic rings. The topological polar surface area (TPSA) is 70.1 Å². The first-order valence-electron chi connectivity index (χ1n) is 5.14. The van der Waals surface area contributed by atoms with Gasteiger partial charge in [-0.05, 0) is 19.9 Å². The average Bonchev–Trinajstić information content (AvgIpc) is 2.26. The molecule has 0 amide bonds. The van der Waals surface area contributed by atoms with Gasteiger partial charge in [-0.25, -0.2) is 0 Å². The van der Waals surface area contributed by atoms with Crippen molar-refractivity contribution >= 4 is 22.7 Å². The summed E-state index contributed by atoms with van der Waals surface area (Å²) in [4.78, 5) is 26.9. The van der Waals surface area contributed by atoms with E-state index >= 15 is 0 Å². The van der Waals surface area contributed by atoms with Gasteiger partial charge < -0.3 is 9.90 Å². The van der Waals surface area contributed by atoms with Crippen LogP contribution in [0.1, 0.15) is 33.3 Å². The summed E-state index contributed by atoms with van der Waals surface area (Å²) < 4.78 is 0. The molecule has 2 aromatic rings. The summed E-state index contributed by atoms with van der Waals surface area (Å²) in [5.41, 5.74) is 1.02. The molecule has 0 saturated heterocycles. The number of pyridine rings is 1. The van der Waals surface area contributed by atoms with Gasteiger partial charge >= 0.3 is 0 Å². The zero-order valence-corrected chi connectivity index (χ0v) is 9.48. The Kier molecular flexibility index (Phi) is 2.63. The molecule has 0 radical (unpaired) electrons. The number of aromatic nitrogens is 1. The van der Waals surface area contributed by atoms with E-state index in [2.05, 4.69) is 4.98 Å². The van der Waals surface area contributed by atoms with Gasteiger partial charge in [0.15, 0.2) is 5.78 Å². The van der Waals surface area contributed by atoms with Crippen LogP contribution < -0.4 is 5.11 Å². The van der Waals surface area contributed by atoms with Crippen LogP contribution in [0.3, 0.4) is 0 Å². The van der Waals surface area contributed by atoms with Gasteiger partial charge in [0.25, 0.3) is 0 Å². The molecule has 0 saturated carbocycles. The number of aromatic carboxylic acids is 1. The zero-order chi connectivity index (χ0) is 12.6. The first-order valence-corrected chi connectivity index (χ1v) is 5.14. The van der Waals surface area contributed by atoms with Crippen LogP contribution in [0.5, 0.6) is 0 Å². The maximum absolute atomic E-state index is 11.5. The van der Waals surface area contributed by atoms with Crippen LogP contribution in [0.2, 0.25) is 0 Å². The molecular weight excluding hydrogens is 218 g/mol. The molecule has 4 nitrogen and oxygen atoms in total. The lowest BCUT2D eigenvalue weighted by molar-refractivity contribution is -0.254. The molecule has 0 atom stereocenters. The Morgan fingerprint density at radius 1 is 1.18 bits per heavy atom. The molecule has 86 valence electrons. The van der Waals surface area contributed by atoms with E-state index in [-0.39, 0.29) is 16.9 Å². The fourth-order valence-corrected chi connectivity index (χ4v) is 1.98. The smallest absolute Gasteiger partial charge is 0.162 e. The summed E-state index contributed by atoms with van der Waals surface area (Å²) in [5, 5.41) is 11.6. The van der Waals surface area contributed by atoms with E-state index < -0.39 is 5.97 Å². The second-order valence-corrected chi connectivity index (χ2v) is 3.81. The van der Waals surface area contributed by atoms with Crippen molar-refractivity contribution in [2.45, 2.75) is 13.8 Å².